The van der Waals surface area contributed by atoms with E-state index in [9.17, 15) is 9.59 Å². The molecule has 0 aliphatic rings. The first-order valence-corrected chi connectivity index (χ1v) is 7.83. The number of aliphatic carboxylic acids is 1. The molecule has 6 heteroatoms. The molecule has 0 aliphatic heterocycles. The van der Waals surface area contributed by atoms with Crippen LogP contribution in [0, 0.1) is 6.92 Å². The van der Waals surface area contributed by atoms with E-state index < -0.39 is 12.0 Å². The van der Waals surface area contributed by atoms with E-state index in [0.717, 1.165) is 11.1 Å². The number of aryl methyl sites for hydroxylation is 1. The highest BCUT2D eigenvalue weighted by Gasteiger charge is 2.19. The van der Waals surface area contributed by atoms with Gasteiger partial charge < -0.3 is 19.9 Å². The molecule has 2 N–H and O–H groups in total. The lowest BCUT2D eigenvalue weighted by Gasteiger charge is -2.19. The van der Waals surface area contributed by atoms with Gasteiger partial charge in [0.2, 0.25) is 0 Å². The maximum atomic E-state index is 12.2. The molecular weight excluding hydrogens is 322 g/mol. The average molecular weight is 343 g/mol. The van der Waals surface area contributed by atoms with E-state index in [2.05, 4.69) is 5.32 Å². The van der Waals surface area contributed by atoms with Crippen LogP contribution < -0.4 is 14.8 Å². The molecule has 25 heavy (non-hydrogen) atoms. The third-order valence-electron chi connectivity index (χ3n) is 3.71. The highest BCUT2D eigenvalue weighted by Crippen LogP contribution is 2.21. The Bertz CT molecular complexity index is 727. The highest BCUT2D eigenvalue weighted by atomic mass is 16.5. The molecular formula is C19H21NO5. The van der Waals surface area contributed by atoms with Gasteiger partial charge in [0.15, 0.2) is 6.61 Å². The number of nitrogens with one attached hydrogen (secondary N) is 1. The number of methoxy groups -OCH3 is 1. The maximum Gasteiger partial charge on any atom is 0.305 e. The van der Waals surface area contributed by atoms with E-state index in [1.165, 1.54) is 0 Å². The zero-order valence-corrected chi connectivity index (χ0v) is 14.2. The maximum absolute atomic E-state index is 12.2. The Morgan fingerprint density at radius 1 is 1.08 bits per heavy atom. The van der Waals surface area contributed by atoms with Gasteiger partial charge >= 0.3 is 5.97 Å². The molecule has 0 bridgehead atoms. The smallest absolute Gasteiger partial charge is 0.305 e. The Kier molecular flexibility index (Phi) is 6.39. The minimum Gasteiger partial charge on any atom is -0.497 e. The number of ether oxygens (including phenoxy) is 2. The van der Waals surface area contributed by atoms with Crippen molar-refractivity contribution in [2.45, 2.75) is 19.4 Å². The fourth-order valence-electron chi connectivity index (χ4n) is 2.45. The number of hydrogen-bond donors (Lipinski definition) is 2. The van der Waals surface area contributed by atoms with E-state index in [4.69, 9.17) is 14.6 Å². The summed E-state index contributed by atoms with van der Waals surface area (Å²) in [5, 5.41) is 11.8. The van der Waals surface area contributed by atoms with E-state index in [0.29, 0.717) is 11.5 Å². The van der Waals surface area contributed by atoms with E-state index in [1.807, 2.05) is 31.2 Å². The summed E-state index contributed by atoms with van der Waals surface area (Å²) in [4.78, 5) is 23.3. The van der Waals surface area contributed by atoms with Gasteiger partial charge in [0.1, 0.15) is 11.5 Å². The molecule has 0 radical (unpaired) electrons. The lowest BCUT2D eigenvalue weighted by atomic mass is 9.99. The molecule has 0 spiro atoms. The van der Waals surface area contributed by atoms with Crippen LogP contribution in [-0.4, -0.2) is 30.7 Å². The van der Waals surface area contributed by atoms with Crippen molar-refractivity contribution in [3.63, 3.8) is 0 Å². The van der Waals surface area contributed by atoms with Crippen LogP contribution >= 0.6 is 0 Å². The summed E-state index contributed by atoms with van der Waals surface area (Å²) in [5.74, 6) is -0.144. The number of amides is 1. The number of hydrogen-bond acceptors (Lipinski definition) is 4. The Hall–Kier alpha value is -3.02. The Labute approximate surface area is 146 Å². The predicted octanol–water partition coefficient (Wildman–Crippen LogP) is 2.71. The fraction of sp³-hybridized carbons (Fsp3) is 0.263. The molecule has 2 aromatic carbocycles. The number of carboxylic acids is 1. The molecule has 2 aromatic rings. The molecule has 1 amide bonds. The van der Waals surface area contributed by atoms with Crippen LogP contribution in [0.15, 0.2) is 48.5 Å². The summed E-state index contributed by atoms with van der Waals surface area (Å²) >= 11 is 0. The molecule has 1 atom stereocenters. The van der Waals surface area contributed by atoms with Crippen molar-refractivity contribution in [2.75, 3.05) is 13.7 Å². The van der Waals surface area contributed by atoms with Crippen LogP contribution in [0.1, 0.15) is 23.6 Å². The van der Waals surface area contributed by atoms with E-state index in [1.54, 1.807) is 31.4 Å². The summed E-state index contributed by atoms with van der Waals surface area (Å²) in [6.07, 6.45) is -0.195. The van der Waals surface area contributed by atoms with Crippen molar-refractivity contribution in [3.05, 3.63) is 59.7 Å². The SMILES string of the molecule is COc1ccc(OCC(=O)NC(CC(=O)O)c2ccccc2C)cc1. The fourth-order valence-corrected chi connectivity index (χ4v) is 2.45. The van der Waals surface area contributed by atoms with Crippen molar-refractivity contribution in [2.24, 2.45) is 0 Å². The van der Waals surface area contributed by atoms with Crippen molar-refractivity contribution < 1.29 is 24.2 Å². The van der Waals surface area contributed by atoms with Gasteiger partial charge in [0, 0.05) is 0 Å². The van der Waals surface area contributed by atoms with Gasteiger partial charge in [-0.25, -0.2) is 0 Å². The average Bonchev–Trinajstić information content (AvgIpc) is 2.60. The quantitative estimate of drug-likeness (QED) is 0.770. The summed E-state index contributed by atoms with van der Waals surface area (Å²) in [6, 6.07) is 13.6. The zero-order valence-electron chi connectivity index (χ0n) is 14.2. The molecule has 0 fully saturated rings. The van der Waals surface area contributed by atoms with Crippen molar-refractivity contribution >= 4 is 11.9 Å². The van der Waals surface area contributed by atoms with Crippen LogP contribution in [0.2, 0.25) is 0 Å². The third-order valence-corrected chi connectivity index (χ3v) is 3.71. The van der Waals surface area contributed by atoms with Gasteiger partial charge in [0.05, 0.1) is 19.6 Å². The molecule has 0 saturated heterocycles. The second-order valence-corrected chi connectivity index (χ2v) is 5.54. The topological polar surface area (TPSA) is 84.9 Å². The van der Waals surface area contributed by atoms with Gasteiger partial charge in [-0.3, -0.25) is 9.59 Å². The van der Waals surface area contributed by atoms with E-state index in [-0.39, 0.29) is 18.9 Å². The molecule has 132 valence electrons. The Balaban J connectivity index is 1.99. The molecule has 1 unspecified atom stereocenters. The molecule has 0 aromatic heterocycles. The minimum absolute atomic E-state index is 0.195. The van der Waals surface area contributed by atoms with Crippen LogP contribution in [0.25, 0.3) is 0 Å². The van der Waals surface area contributed by atoms with Crippen LogP contribution in [-0.2, 0) is 9.59 Å². The van der Waals surface area contributed by atoms with Crippen molar-refractivity contribution in [1.29, 1.82) is 0 Å². The molecule has 0 heterocycles. The van der Waals surface area contributed by atoms with Gasteiger partial charge in [-0.05, 0) is 42.3 Å². The number of benzene rings is 2. The number of rotatable bonds is 8. The van der Waals surface area contributed by atoms with Gasteiger partial charge in [-0.15, -0.1) is 0 Å². The summed E-state index contributed by atoms with van der Waals surface area (Å²) in [5.41, 5.74) is 1.70. The normalized spacial score (nSPS) is 11.4. The second-order valence-electron chi connectivity index (χ2n) is 5.54. The number of carbonyl (C=O) groups is 2. The predicted molar refractivity (Wildman–Crippen MR) is 92.8 cm³/mol. The Morgan fingerprint density at radius 2 is 1.72 bits per heavy atom. The molecule has 0 aliphatic carbocycles. The second kappa shape index (κ2) is 8.73. The minimum atomic E-state index is -0.982. The van der Waals surface area contributed by atoms with Crippen molar-refractivity contribution in [3.8, 4) is 11.5 Å². The number of carbonyl (C=O) groups excluding carboxylic acids is 1. The van der Waals surface area contributed by atoms with E-state index >= 15 is 0 Å². The van der Waals surface area contributed by atoms with Crippen LogP contribution in [0.5, 0.6) is 11.5 Å². The summed E-state index contributed by atoms with van der Waals surface area (Å²) in [6.45, 7) is 1.68. The van der Waals surface area contributed by atoms with Crippen LogP contribution in [0.4, 0.5) is 0 Å². The van der Waals surface area contributed by atoms with Gasteiger partial charge in [0.25, 0.3) is 5.91 Å². The summed E-state index contributed by atoms with van der Waals surface area (Å²) < 4.78 is 10.5. The molecule has 0 saturated carbocycles. The zero-order chi connectivity index (χ0) is 18.2. The molecule has 6 nitrogen and oxygen atoms in total. The van der Waals surface area contributed by atoms with Crippen LogP contribution in [0.3, 0.4) is 0 Å². The van der Waals surface area contributed by atoms with Crippen molar-refractivity contribution in [1.82, 2.24) is 5.32 Å². The molecule has 2 rings (SSSR count). The first-order chi connectivity index (χ1) is 12.0. The highest BCUT2D eigenvalue weighted by molar-refractivity contribution is 5.79. The standard InChI is InChI=1S/C19H21NO5/c1-13-5-3-4-6-16(13)17(11-19(22)23)20-18(21)12-25-15-9-7-14(24-2)8-10-15/h3-10,17H,11-12H2,1-2H3,(H,20,21)(H,22,23). The third kappa shape index (κ3) is 5.53. The first-order valence-electron chi connectivity index (χ1n) is 7.83. The first kappa shape index (κ1) is 18.3. The monoisotopic (exact) mass is 343 g/mol. The van der Waals surface area contributed by atoms with Gasteiger partial charge in [-0.2, -0.15) is 0 Å². The largest absolute Gasteiger partial charge is 0.497 e. The van der Waals surface area contributed by atoms with Gasteiger partial charge in [-0.1, -0.05) is 24.3 Å². The Morgan fingerprint density at radius 3 is 2.32 bits per heavy atom. The summed E-state index contributed by atoms with van der Waals surface area (Å²) in [7, 11) is 1.57. The lowest BCUT2D eigenvalue weighted by Crippen LogP contribution is -2.34. The lowest BCUT2D eigenvalue weighted by molar-refractivity contribution is -0.137. The number of carboxylic acid groups (broad SMARTS) is 1.